The minimum atomic E-state index is -0.0166. The summed E-state index contributed by atoms with van der Waals surface area (Å²) >= 11 is 0. The molecule has 0 amide bonds. The molecule has 2 heterocycles. The second-order valence-corrected chi connectivity index (χ2v) is 2.83. The minimum absolute atomic E-state index is 0.0166. The Morgan fingerprint density at radius 1 is 1.58 bits per heavy atom. The molecule has 0 atom stereocenters. The predicted octanol–water partition coefficient (Wildman–Crippen LogP) is 1.14. The van der Waals surface area contributed by atoms with Crippen LogP contribution >= 0.6 is 0 Å². The first-order chi connectivity index (χ1) is 5.81. The summed E-state index contributed by atoms with van der Waals surface area (Å²) in [6.07, 6.45) is 3.68. The molecule has 0 aliphatic carbocycles. The smallest absolute Gasteiger partial charge is 0.139 e. The number of aliphatic hydroxyl groups is 1. The second kappa shape index (κ2) is 2.60. The van der Waals surface area contributed by atoms with Gasteiger partial charge < -0.3 is 9.51 Å². The van der Waals surface area contributed by atoms with E-state index in [2.05, 4.69) is 4.98 Å². The monoisotopic (exact) mass is 162 g/mol. The molecule has 2 aromatic rings. The van der Waals surface area contributed by atoms with Crippen molar-refractivity contribution < 1.29 is 5.11 Å². The van der Waals surface area contributed by atoms with Gasteiger partial charge in [0.15, 0.2) is 0 Å². The van der Waals surface area contributed by atoms with Crippen molar-refractivity contribution in [2.24, 2.45) is 0 Å². The highest BCUT2D eigenvalue weighted by molar-refractivity contribution is 5.47. The highest BCUT2D eigenvalue weighted by Gasteiger charge is 2.00. The molecule has 0 spiro atoms. The summed E-state index contributed by atoms with van der Waals surface area (Å²) in [4.78, 5) is 4.07. The van der Waals surface area contributed by atoms with Crippen LogP contribution in [0.3, 0.4) is 0 Å². The number of rotatable bonds is 1. The third-order valence-electron chi connectivity index (χ3n) is 1.91. The van der Waals surface area contributed by atoms with Gasteiger partial charge in [0.25, 0.3) is 0 Å². The Kier molecular flexibility index (Phi) is 1.59. The third-order valence-corrected chi connectivity index (χ3v) is 1.91. The Labute approximate surface area is 70.3 Å². The summed E-state index contributed by atoms with van der Waals surface area (Å²) in [6.45, 7) is 2.02. The Hall–Kier alpha value is -1.35. The molecule has 1 N–H and O–H groups in total. The van der Waals surface area contributed by atoms with Crippen LogP contribution in [0.5, 0.6) is 0 Å². The van der Waals surface area contributed by atoms with E-state index in [1.54, 1.807) is 6.20 Å². The Balaban J connectivity index is 2.73. The number of aliphatic hydroxyl groups excluding tert-OH is 1. The topological polar surface area (TPSA) is 37.5 Å². The van der Waals surface area contributed by atoms with E-state index in [1.165, 1.54) is 5.56 Å². The molecule has 2 aromatic heterocycles. The van der Waals surface area contributed by atoms with Crippen molar-refractivity contribution in [3.05, 3.63) is 35.9 Å². The maximum absolute atomic E-state index is 8.91. The average molecular weight is 162 g/mol. The van der Waals surface area contributed by atoms with Crippen molar-refractivity contribution in [2.45, 2.75) is 13.5 Å². The fourth-order valence-electron chi connectivity index (χ4n) is 1.28. The van der Waals surface area contributed by atoms with Crippen LogP contribution in [0.15, 0.2) is 24.5 Å². The fourth-order valence-corrected chi connectivity index (χ4v) is 1.28. The summed E-state index contributed by atoms with van der Waals surface area (Å²) in [5, 5.41) is 8.91. The molecule has 0 unspecified atom stereocenters. The quantitative estimate of drug-likeness (QED) is 0.682. The zero-order valence-electron chi connectivity index (χ0n) is 6.86. The van der Waals surface area contributed by atoms with E-state index < -0.39 is 0 Å². The van der Waals surface area contributed by atoms with Gasteiger partial charge in [0.05, 0.1) is 11.7 Å². The van der Waals surface area contributed by atoms with Crippen LogP contribution in [0.2, 0.25) is 0 Å². The Bertz CT molecular complexity index is 406. The standard InChI is InChI=1S/C9H10N2O/c1-7-2-3-11-8(4-7)5-10-9(11)6-12/h2-5,12H,6H2,1H3. The molecule has 0 saturated heterocycles. The lowest BCUT2D eigenvalue weighted by molar-refractivity contribution is 0.270. The largest absolute Gasteiger partial charge is 0.388 e. The van der Waals surface area contributed by atoms with Crippen molar-refractivity contribution in [2.75, 3.05) is 0 Å². The fraction of sp³-hybridized carbons (Fsp3) is 0.222. The predicted molar refractivity (Wildman–Crippen MR) is 45.9 cm³/mol. The number of hydrogen-bond donors (Lipinski definition) is 1. The summed E-state index contributed by atoms with van der Waals surface area (Å²) in [5.41, 5.74) is 2.23. The first-order valence-electron chi connectivity index (χ1n) is 3.85. The number of fused-ring (bicyclic) bond motifs is 1. The molecular formula is C9H10N2O. The molecule has 0 radical (unpaired) electrons. The Morgan fingerprint density at radius 2 is 2.42 bits per heavy atom. The van der Waals surface area contributed by atoms with Gasteiger partial charge in [-0.3, -0.25) is 0 Å². The van der Waals surface area contributed by atoms with Gasteiger partial charge in [-0.2, -0.15) is 0 Å². The van der Waals surface area contributed by atoms with Gasteiger partial charge in [-0.05, 0) is 24.6 Å². The summed E-state index contributed by atoms with van der Waals surface area (Å²) < 4.78 is 1.88. The molecule has 12 heavy (non-hydrogen) atoms. The Morgan fingerprint density at radius 3 is 3.17 bits per heavy atom. The molecule has 3 heteroatoms. The van der Waals surface area contributed by atoms with Gasteiger partial charge in [0.2, 0.25) is 0 Å². The molecule has 0 aliphatic heterocycles. The van der Waals surface area contributed by atoms with Crippen LogP contribution in [-0.4, -0.2) is 14.5 Å². The first-order valence-corrected chi connectivity index (χ1v) is 3.85. The first kappa shape index (κ1) is 7.31. The number of aryl methyl sites for hydroxylation is 1. The number of pyridine rings is 1. The van der Waals surface area contributed by atoms with Crippen molar-refractivity contribution >= 4 is 5.52 Å². The number of nitrogens with zero attached hydrogens (tertiary/aromatic N) is 2. The molecule has 0 aliphatic rings. The minimum Gasteiger partial charge on any atom is -0.388 e. The third kappa shape index (κ3) is 0.987. The van der Waals surface area contributed by atoms with Crippen molar-refractivity contribution in [1.82, 2.24) is 9.38 Å². The highest BCUT2D eigenvalue weighted by Crippen LogP contribution is 2.08. The number of imidazole rings is 1. The number of aromatic nitrogens is 2. The van der Waals surface area contributed by atoms with E-state index in [4.69, 9.17) is 5.11 Å². The summed E-state index contributed by atoms with van der Waals surface area (Å²) in [7, 11) is 0. The van der Waals surface area contributed by atoms with Gasteiger partial charge in [0.1, 0.15) is 12.4 Å². The second-order valence-electron chi connectivity index (χ2n) is 2.83. The number of hydrogen-bond acceptors (Lipinski definition) is 2. The normalized spacial score (nSPS) is 10.8. The van der Waals surface area contributed by atoms with Gasteiger partial charge >= 0.3 is 0 Å². The maximum Gasteiger partial charge on any atom is 0.139 e. The van der Waals surface area contributed by atoms with Crippen LogP contribution < -0.4 is 0 Å². The van der Waals surface area contributed by atoms with Crippen LogP contribution in [0.25, 0.3) is 5.52 Å². The van der Waals surface area contributed by atoms with E-state index in [0.29, 0.717) is 5.82 Å². The average Bonchev–Trinajstić information content (AvgIpc) is 2.46. The summed E-state index contributed by atoms with van der Waals surface area (Å²) in [6, 6.07) is 4.03. The molecule has 2 rings (SSSR count). The van der Waals surface area contributed by atoms with Gasteiger partial charge in [0, 0.05) is 6.20 Å². The lowest BCUT2D eigenvalue weighted by atomic mass is 10.3. The molecule has 62 valence electrons. The van der Waals surface area contributed by atoms with Crippen molar-refractivity contribution in [3.8, 4) is 0 Å². The molecule has 0 saturated carbocycles. The van der Waals surface area contributed by atoms with Crippen LogP contribution in [0.1, 0.15) is 11.4 Å². The lowest BCUT2D eigenvalue weighted by Gasteiger charge is -1.97. The van der Waals surface area contributed by atoms with E-state index in [-0.39, 0.29) is 6.61 Å². The van der Waals surface area contributed by atoms with E-state index in [1.807, 2.05) is 29.7 Å². The van der Waals surface area contributed by atoms with E-state index >= 15 is 0 Å². The zero-order chi connectivity index (χ0) is 8.55. The van der Waals surface area contributed by atoms with Crippen molar-refractivity contribution in [1.29, 1.82) is 0 Å². The lowest BCUT2D eigenvalue weighted by Crippen LogP contribution is -1.93. The maximum atomic E-state index is 8.91. The summed E-state index contributed by atoms with van der Waals surface area (Å²) in [5.74, 6) is 0.685. The molecule has 0 aromatic carbocycles. The van der Waals surface area contributed by atoms with Gasteiger partial charge in [-0.25, -0.2) is 4.98 Å². The van der Waals surface area contributed by atoms with Crippen LogP contribution in [0, 0.1) is 6.92 Å². The zero-order valence-corrected chi connectivity index (χ0v) is 6.86. The van der Waals surface area contributed by atoms with Crippen LogP contribution in [-0.2, 0) is 6.61 Å². The van der Waals surface area contributed by atoms with E-state index in [9.17, 15) is 0 Å². The van der Waals surface area contributed by atoms with E-state index in [0.717, 1.165) is 5.52 Å². The molecule has 0 fully saturated rings. The molecule has 3 nitrogen and oxygen atoms in total. The van der Waals surface area contributed by atoms with Gasteiger partial charge in [-0.1, -0.05) is 0 Å². The van der Waals surface area contributed by atoms with Gasteiger partial charge in [-0.15, -0.1) is 0 Å². The molecule has 0 bridgehead atoms. The molecular weight excluding hydrogens is 152 g/mol. The highest BCUT2D eigenvalue weighted by atomic mass is 16.3. The van der Waals surface area contributed by atoms with Crippen molar-refractivity contribution in [3.63, 3.8) is 0 Å². The SMILES string of the molecule is Cc1ccn2c(CO)ncc2c1. The van der Waals surface area contributed by atoms with Crippen LogP contribution in [0.4, 0.5) is 0 Å².